The molecule has 0 aromatic heterocycles. The Morgan fingerprint density at radius 3 is 2.28 bits per heavy atom. The van der Waals surface area contributed by atoms with Crippen molar-refractivity contribution in [2.45, 2.75) is 26.4 Å². The van der Waals surface area contributed by atoms with E-state index in [0.29, 0.717) is 13.1 Å². The zero-order valence-electron chi connectivity index (χ0n) is 10.8. The largest absolute Gasteiger partial charge is 0.449 e. The summed E-state index contributed by atoms with van der Waals surface area (Å²) < 4.78 is 10.1. The fraction of sp³-hybridized carbons (Fsp3) is 0.833. The zero-order chi connectivity index (χ0) is 13.5. The lowest BCUT2D eigenvalue weighted by atomic mass is 10.2. The zero-order valence-corrected chi connectivity index (χ0v) is 11.6. The summed E-state index contributed by atoms with van der Waals surface area (Å²) in [6, 6.07) is -0.107. The third-order valence-corrected chi connectivity index (χ3v) is 3.42. The Morgan fingerprint density at radius 2 is 1.83 bits per heavy atom. The van der Waals surface area contributed by atoms with Gasteiger partial charge in [0.05, 0.1) is 5.92 Å². The molecule has 1 unspecified atom stereocenters. The van der Waals surface area contributed by atoms with Gasteiger partial charge in [0.2, 0.25) is 0 Å². The topological polar surface area (TPSA) is 55.8 Å². The Kier molecular flexibility index (Phi) is 3.45. The van der Waals surface area contributed by atoms with Gasteiger partial charge in [-0.05, 0) is 32.6 Å². The SMILES string of the molecule is CC(C)(C)OC(=O)N1C[C@@H]2C(C(=O)OCCl)[C@@H]2C1. The van der Waals surface area contributed by atoms with Crippen molar-refractivity contribution >= 4 is 23.7 Å². The first kappa shape index (κ1) is 13.5. The molecule has 0 radical (unpaired) electrons. The number of hydrogen-bond acceptors (Lipinski definition) is 4. The van der Waals surface area contributed by atoms with Crippen LogP contribution in [0.25, 0.3) is 0 Å². The number of hydrogen-bond donors (Lipinski definition) is 0. The Balaban J connectivity index is 1.81. The average Bonchev–Trinajstić information content (AvgIpc) is 2.72. The third-order valence-electron chi connectivity index (χ3n) is 3.31. The molecule has 0 N–H and O–H groups in total. The second kappa shape index (κ2) is 4.61. The first-order valence-corrected chi connectivity index (χ1v) is 6.57. The summed E-state index contributed by atoms with van der Waals surface area (Å²) >= 11 is 5.35. The summed E-state index contributed by atoms with van der Waals surface area (Å²) in [5, 5.41) is 0. The van der Waals surface area contributed by atoms with Crippen molar-refractivity contribution in [2.24, 2.45) is 17.8 Å². The van der Waals surface area contributed by atoms with Crippen molar-refractivity contribution in [3.63, 3.8) is 0 Å². The number of nitrogens with zero attached hydrogens (tertiary/aromatic N) is 1. The Hall–Kier alpha value is -0.970. The summed E-state index contributed by atoms with van der Waals surface area (Å²) in [5.41, 5.74) is -0.485. The van der Waals surface area contributed by atoms with Crippen molar-refractivity contribution in [3.05, 3.63) is 0 Å². The standard InChI is InChI=1S/C12H18ClNO4/c1-12(2,3)18-11(16)14-4-7-8(5-14)9(7)10(15)17-6-13/h7-9H,4-6H2,1-3H3/t7-,8+,9?. The summed E-state index contributed by atoms with van der Waals surface area (Å²) in [7, 11) is 0. The number of alkyl halides is 1. The fourth-order valence-electron chi connectivity index (χ4n) is 2.50. The van der Waals surface area contributed by atoms with Crippen LogP contribution in [-0.4, -0.2) is 41.7 Å². The Bertz CT molecular complexity index is 354. The van der Waals surface area contributed by atoms with Gasteiger partial charge in [-0.2, -0.15) is 0 Å². The van der Waals surface area contributed by atoms with Gasteiger partial charge in [0, 0.05) is 13.1 Å². The molecule has 102 valence electrons. The van der Waals surface area contributed by atoms with Gasteiger partial charge in [0.1, 0.15) is 5.60 Å². The Labute approximate surface area is 111 Å². The Morgan fingerprint density at radius 1 is 1.28 bits per heavy atom. The molecule has 1 aliphatic heterocycles. The van der Waals surface area contributed by atoms with Crippen molar-refractivity contribution < 1.29 is 19.1 Å². The number of piperidine rings is 1. The van der Waals surface area contributed by atoms with Crippen molar-refractivity contribution in [1.29, 1.82) is 0 Å². The molecule has 18 heavy (non-hydrogen) atoms. The van der Waals surface area contributed by atoms with E-state index in [1.165, 1.54) is 0 Å². The molecule has 1 saturated carbocycles. The molecule has 6 heteroatoms. The maximum atomic E-state index is 11.8. The first-order valence-electron chi connectivity index (χ1n) is 6.04. The van der Waals surface area contributed by atoms with Crippen LogP contribution in [-0.2, 0) is 14.3 Å². The minimum atomic E-state index is -0.485. The van der Waals surface area contributed by atoms with E-state index in [1.807, 2.05) is 20.8 Å². The molecule has 0 aromatic rings. The van der Waals surface area contributed by atoms with E-state index in [1.54, 1.807) is 4.90 Å². The number of esters is 1. The predicted molar refractivity (Wildman–Crippen MR) is 65.1 cm³/mol. The van der Waals surface area contributed by atoms with E-state index in [0.717, 1.165) is 0 Å². The van der Waals surface area contributed by atoms with Crippen LogP contribution in [0.4, 0.5) is 4.79 Å². The van der Waals surface area contributed by atoms with E-state index in [9.17, 15) is 9.59 Å². The van der Waals surface area contributed by atoms with Crippen LogP contribution in [0.1, 0.15) is 20.8 Å². The number of ether oxygens (including phenoxy) is 2. The van der Waals surface area contributed by atoms with Crippen LogP contribution in [0, 0.1) is 17.8 Å². The van der Waals surface area contributed by atoms with Gasteiger partial charge >= 0.3 is 12.1 Å². The van der Waals surface area contributed by atoms with E-state index in [-0.39, 0.29) is 35.9 Å². The van der Waals surface area contributed by atoms with Crippen LogP contribution < -0.4 is 0 Å². The van der Waals surface area contributed by atoms with Gasteiger partial charge in [-0.3, -0.25) is 4.79 Å². The number of halogens is 1. The maximum absolute atomic E-state index is 11.8. The molecule has 1 saturated heterocycles. The minimum Gasteiger partial charge on any atom is -0.449 e. The molecule has 0 spiro atoms. The highest BCUT2D eigenvalue weighted by Gasteiger charge is 2.61. The molecule has 0 aromatic carbocycles. The maximum Gasteiger partial charge on any atom is 0.410 e. The second-order valence-corrected chi connectivity index (χ2v) is 6.03. The monoisotopic (exact) mass is 275 g/mol. The summed E-state index contributed by atoms with van der Waals surface area (Å²) in [5.74, 6) is 0.104. The van der Waals surface area contributed by atoms with Crippen LogP contribution in [0.5, 0.6) is 0 Å². The summed E-state index contributed by atoms with van der Waals surface area (Å²) in [4.78, 5) is 24.9. The molecule has 2 fully saturated rings. The highest BCUT2D eigenvalue weighted by Crippen LogP contribution is 2.52. The number of carbonyl (C=O) groups is 2. The van der Waals surface area contributed by atoms with E-state index >= 15 is 0 Å². The summed E-state index contributed by atoms with van der Waals surface area (Å²) in [6.45, 7) is 6.65. The molecule has 3 atom stereocenters. The highest BCUT2D eigenvalue weighted by atomic mass is 35.5. The predicted octanol–water partition coefficient (Wildman–Crippen LogP) is 1.84. The van der Waals surface area contributed by atoms with Crippen molar-refractivity contribution in [3.8, 4) is 0 Å². The molecule has 2 aliphatic rings. The molecular weight excluding hydrogens is 258 g/mol. The molecular formula is C12H18ClNO4. The number of likely N-dealkylation sites (tertiary alicyclic amines) is 1. The third kappa shape index (κ3) is 2.71. The second-order valence-electron chi connectivity index (χ2n) is 5.81. The van der Waals surface area contributed by atoms with E-state index < -0.39 is 5.60 Å². The molecule has 1 heterocycles. The number of fused-ring (bicyclic) bond motifs is 1. The van der Waals surface area contributed by atoms with E-state index in [4.69, 9.17) is 21.1 Å². The highest BCUT2D eigenvalue weighted by molar-refractivity contribution is 6.17. The van der Waals surface area contributed by atoms with Crippen LogP contribution in [0.3, 0.4) is 0 Å². The van der Waals surface area contributed by atoms with E-state index in [2.05, 4.69) is 0 Å². The molecule has 2 rings (SSSR count). The van der Waals surface area contributed by atoms with Crippen LogP contribution >= 0.6 is 11.6 Å². The number of amides is 1. The van der Waals surface area contributed by atoms with Gasteiger partial charge in [-0.25, -0.2) is 4.79 Å². The van der Waals surface area contributed by atoms with Gasteiger partial charge in [-0.15, -0.1) is 0 Å². The lowest BCUT2D eigenvalue weighted by Crippen LogP contribution is -2.37. The molecule has 0 bridgehead atoms. The van der Waals surface area contributed by atoms with Gasteiger partial charge in [-0.1, -0.05) is 11.6 Å². The van der Waals surface area contributed by atoms with Crippen molar-refractivity contribution in [2.75, 3.05) is 19.2 Å². The lowest BCUT2D eigenvalue weighted by Gasteiger charge is -2.25. The van der Waals surface area contributed by atoms with Crippen LogP contribution in [0.15, 0.2) is 0 Å². The molecule has 1 amide bonds. The quantitative estimate of drug-likeness (QED) is 0.570. The fourth-order valence-corrected chi connectivity index (χ4v) is 2.61. The van der Waals surface area contributed by atoms with Gasteiger partial charge in [0.15, 0.2) is 6.07 Å². The molecule has 5 nitrogen and oxygen atoms in total. The minimum absolute atomic E-state index is 0.0811. The van der Waals surface area contributed by atoms with Crippen LogP contribution in [0.2, 0.25) is 0 Å². The normalized spacial score (nSPS) is 29.8. The first-order chi connectivity index (χ1) is 8.33. The van der Waals surface area contributed by atoms with Gasteiger partial charge in [0.25, 0.3) is 0 Å². The van der Waals surface area contributed by atoms with Crippen molar-refractivity contribution in [1.82, 2.24) is 4.90 Å². The number of rotatable bonds is 2. The lowest BCUT2D eigenvalue weighted by molar-refractivity contribution is -0.144. The van der Waals surface area contributed by atoms with Gasteiger partial charge < -0.3 is 14.4 Å². The summed E-state index contributed by atoms with van der Waals surface area (Å²) in [6.07, 6.45) is -0.306. The number of carbonyl (C=O) groups excluding carboxylic acids is 2. The smallest absolute Gasteiger partial charge is 0.410 e. The average molecular weight is 276 g/mol. The molecule has 1 aliphatic carbocycles.